The number of rotatable bonds is 5. The van der Waals surface area contributed by atoms with E-state index in [-0.39, 0.29) is 17.2 Å². The molecule has 0 aromatic carbocycles. The van der Waals surface area contributed by atoms with Gasteiger partial charge in [0.05, 0.1) is 34.3 Å². The van der Waals surface area contributed by atoms with Gasteiger partial charge in [0.2, 0.25) is 0 Å². The Morgan fingerprint density at radius 2 is 2.30 bits per heavy atom. The summed E-state index contributed by atoms with van der Waals surface area (Å²) in [7, 11) is -3.48. The summed E-state index contributed by atoms with van der Waals surface area (Å²) in [5.41, 5.74) is 1.44. The molecule has 10 heteroatoms. The number of aromatic nitrogens is 4. The van der Waals surface area contributed by atoms with Crippen molar-refractivity contribution in [1.82, 2.24) is 19.5 Å². The van der Waals surface area contributed by atoms with Crippen molar-refractivity contribution in [1.29, 1.82) is 0 Å². The minimum atomic E-state index is -3.48. The maximum Gasteiger partial charge on any atom is 0.304 e. The molecule has 2 N–H and O–H groups in total. The zero-order valence-corrected chi connectivity index (χ0v) is 16.2. The van der Waals surface area contributed by atoms with E-state index in [1.165, 1.54) is 30.3 Å². The fourth-order valence-electron chi connectivity index (χ4n) is 3.71. The Morgan fingerprint density at radius 1 is 1.48 bits per heavy atom. The predicted molar refractivity (Wildman–Crippen MR) is 99.8 cm³/mol. The van der Waals surface area contributed by atoms with E-state index in [9.17, 15) is 18.3 Å². The number of fused-ring (bicyclic) bond motifs is 3. The maximum absolute atomic E-state index is 12.4. The minimum absolute atomic E-state index is 0.00106. The quantitative estimate of drug-likeness (QED) is 0.669. The van der Waals surface area contributed by atoms with E-state index in [1.807, 2.05) is 4.57 Å². The lowest BCUT2D eigenvalue weighted by Crippen LogP contribution is -2.18. The smallest absolute Gasteiger partial charge is 0.304 e. The normalized spacial score (nSPS) is 17.1. The first-order valence-electron chi connectivity index (χ1n) is 8.45. The highest BCUT2D eigenvalue weighted by Crippen LogP contribution is 2.46. The Bertz CT molecular complexity index is 1120. The summed E-state index contributed by atoms with van der Waals surface area (Å²) in [6.07, 6.45) is 7.46. The first-order chi connectivity index (χ1) is 12.9. The van der Waals surface area contributed by atoms with Gasteiger partial charge < -0.3 is 14.7 Å². The van der Waals surface area contributed by atoms with Crippen molar-refractivity contribution in [3.05, 3.63) is 30.5 Å². The van der Waals surface area contributed by atoms with E-state index >= 15 is 0 Å². The van der Waals surface area contributed by atoms with E-state index in [4.69, 9.17) is 0 Å². The van der Waals surface area contributed by atoms with Crippen molar-refractivity contribution in [2.24, 2.45) is 0 Å². The monoisotopic (exact) mass is 406 g/mol. The highest BCUT2D eigenvalue weighted by Gasteiger charge is 2.32. The summed E-state index contributed by atoms with van der Waals surface area (Å²) in [5.74, 6) is -1.06. The van der Waals surface area contributed by atoms with Gasteiger partial charge in [-0.1, -0.05) is 11.8 Å². The zero-order valence-electron chi connectivity index (χ0n) is 14.5. The minimum Gasteiger partial charge on any atom is -0.481 e. The van der Waals surface area contributed by atoms with Crippen LogP contribution in [0, 0.1) is 0 Å². The number of hydrogen-bond acceptors (Lipinski definition) is 6. The van der Waals surface area contributed by atoms with Crippen LogP contribution in [-0.2, 0) is 21.2 Å². The molecule has 4 rings (SSSR count). The summed E-state index contributed by atoms with van der Waals surface area (Å²) < 4.78 is 26.8. The third-order valence-electron chi connectivity index (χ3n) is 4.73. The van der Waals surface area contributed by atoms with Gasteiger partial charge in [-0.15, -0.1) is 0 Å². The lowest BCUT2D eigenvalue weighted by molar-refractivity contribution is -0.137. The van der Waals surface area contributed by atoms with Crippen LogP contribution >= 0.6 is 11.8 Å². The Labute approximate surface area is 159 Å². The number of carboxylic acids is 1. The second-order valence-corrected chi connectivity index (χ2v) is 9.64. The molecule has 1 atom stereocenters. The molecule has 27 heavy (non-hydrogen) atoms. The van der Waals surface area contributed by atoms with Crippen LogP contribution in [0.5, 0.6) is 0 Å². The predicted octanol–water partition coefficient (Wildman–Crippen LogP) is 2.67. The van der Waals surface area contributed by atoms with Gasteiger partial charge in [-0.25, -0.2) is 18.4 Å². The number of aryl methyl sites for hydroxylation is 1. The van der Waals surface area contributed by atoms with Crippen LogP contribution in [0.1, 0.15) is 30.9 Å². The summed E-state index contributed by atoms with van der Waals surface area (Å²) in [6, 6.07) is 1.51. The molecule has 3 aromatic heterocycles. The van der Waals surface area contributed by atoms with Crippen LogP contribution in [0.15, 0.2) is 39.6 Å². The number of hydrogen-bond donors (Lipinski definition) is 2. The third-order valence-corrected chi connectivity index (χ3v) is 6.93. The molecule has 0 amide bonds. The van der Waals surface area contributed by atoms with Crippen LogP contribution in [0.2, 0.25) is 0 Å². The molecule has 142 valence electrons. The molecule has 0 spiro atoms. The molecule has 8 nitrogen and oxygen atoms in total. The highest BCUT2D eigenvalue weighted by molar-refractivity contribution is 7.99. The van der Waals surface area contributed by atoms with Crippen LogP contribution < -0.4 is 0 Å². The standard InChI is InChI=1S/C17H18N4O4S2/c1-27(24,25)11-4-5-19-17-14(11)16(26-12-8-18-9-20-12)15-10(7-13(22)23)3-2-6-21(15)17/h4-5,8-10H,2-3,6-7H2,1H3,(H,18,20)(H,22,23). The maximum atomic E-state index is 12.4. The van der Waals surface area contributed by atoms with E-state index in [0.29, 0.717) is 17.6 Å². The number of H-pyrrole nitrogens is 1. The Hall–Kier alpha value is -2.33. The lowest BCUT2D eigenvalue weighted by Gasteiger charge is -2.25. The SMILES string of the molecule is CS(=O)(=O)c1ccnc2c1c(Sc1cnc[nH]1)c1n2CCCC1CC(=O)O. The number of aromatic amines is 1. The van der Waals surface area contributed by atoms with Crippen molar-refractivity contribution >= 4 is 38.6 Å². The fourth-order valence-corrected chi connectivity index (χ4v) is 5.78. The first kappa shape index (κ1) is 18.1. The number of nitrogens with one attached hydrogen (secondary N) is 1. The average Bonchev–Trinajstić information content (AvgIpc) is 3.21. The molecular formula is C17H18N4O4S2. The van der Waals surface area contributed by atoms with Gasteiger partial charge in [-0.2, -0.15) is 0 Å². The van der Waals surface area contributed by atoms with Crippen LogP contribution in [0.4, 0.5) is 0 Å². The molecule has 0 saturated heterocycles. The van der Waals surface area contributed by atoms with Crippen LogP contribution in [-0.4, -0.2) is 45.3 Å². The van der Waals surface area contributed by atoms with Crippen LogP contribution in [0.25, 0.3) is 11.0 Å². The van der Waals surface area contributed by atoms with Gasteiger partial charge in [0.1, 0.15) is 5.65 Å². The van der Waals surface area contributed by atoms with Gasteiger partial charge in [0.25, 0.3) is 0 Å². The second kappa shape index (κ2) is 6.68. The van der Waals surface area contributed by atoms with Crippen molar-refractivity contribution in [2.45, 2.75) is 46.5 Å². The molecule has 0 fully saturated rings. The number of imidazole rings is 1. The van der Waals surface area contributed by atoms with E-state index < -0.39 is 15.8 Å². The highest BCUT2D eigenvalue weighted by atomic mass is 32.2. The number of sulfone groups is 1. The Balaban J connectivity index is 2.04. The number of pyridine rings is 1. The number of aliphatic carboxylic acids is 1. The van der Waals surface area contributed by atoms with Crippen molar-refractivity contribution in [2.75, 3.05) is 6.26 Å². The summed E-state index contributed by atoms with van der Waals surface area (Å²) in [6.45, 7) is 0.686. The number of nitrogens with zero attached hydrogens (tertiary/aromatic N) is 3. The molecule has 0 saturated carbocycles. The van der Waals surface area contributed by atoms with Gasteiger partial charge in [-0.3, -0.25) is 4.79 Å². The molecule has 1 aliphatic heterocycles. The Kier molecular flexibility index (Phi) is 4.47. The molecular weight excluding hydrogens is 388 g/mol. The number of carbonyl (C=O) groups is 1. The second-order valence-electron chi connectivity index (χ2n) is 6.60. The Morgan fingerprint density at radius 3 is 2.96 bits per heavy atom. The summed E-state index contributed by atoms with van der Waals surface area (Å²) >= 11 is 1.37. The molecule has 0 bridgehead atoms. The van der Waals surface area contributed by atoms with Crippen molar-refractivity contribution in [3.63, 3.8) is 0 Å². The van der Waals surface area contributed by atoms with Crippen LogP contribution in [0.3, 0.4) is 0 Å². The van der Waals surface area contributed by atoms with E-state index in [1.54, 1.807) is 12.5 Å². The van der Waals surface area contributed by atoms with E-state index in [2.05, 4.69) is 15.0 Å². The van der Waals surface area contributed by atoms with Gasteiger partial charge in [-0.05, 0) is 18.9 Å². The largest absolute Gasteiger partial charge is 0.481 e. The number of carboxylic acid groups (broad SMARTS) is 1. The summed E-state index contributed by atoms with van der Waals surface area (Å²) in [5, 5.41) is 10.7. The summed E-state index contributed by atoms with van der Waals surface area (Å²) in [4.78, 5) is 23.8. The van der Waals surface area contributed by atoms with Gasteiger partial charge in [0, 0.05) is 35.5 Å². The third kappa shape index (κ3) is 3.23. The molecule has 4 heterocycles. The van der Waals surface area contributed by atoms with Gasteiger partial charge >= 0.3 is 5.97 Å². The lowest BCUT2D eigenvalue weighted by atomic mass is 9.93. The topological polar surface area (TPSA) is 118 Å². The van der Waals surface area contributed by atoms with Crippen molar-refractivity contribution in [3.8, 4) is 0 Å². The molecule has 3 aromatic rings. The average molecular weight is 406 g/mol. The van der Waals surface area contributed by atoms with Gasteiger partial charge in [0.15, 0.2) is 9.84 Å². The molecule has 0 aliphatic carbocycles. The zero-order chi connectivity index (χ0) is 19.2. The fraction of sp³-hybridized carbons (Fsp3) is 0.353. The molecule has 1 unspecified atom stereocenters. The molecule has 0 radical (unpaired) electrons. The van der Waals surface area contributed by atoms with Crippen molar-refractivity contribution < 1.29 is 18.3 Å². The van der Waals surface area contributed by atoms with E-state index in [0.717, 1.165) is 28.5 Å². The first-order valence-corrected chi connectivity index (χ1v) is 11.2. The molecule has 1 aliphatic rings.